The quantitative estimate of drug-likeness (QED) is 0.237. The van der Waals surface area contributed by atoms with Gasteiger partial charge in [0, 0.05) is 18.6 Å². The molecule has 11 nitrogen and oxygen atoms in total. The summed E-state index contributed by atoms with van der Waals surface area (Å²) in [6, 6.07) is 2.91. The molecular formula is C24H41N3O8Si2. The summed E-state index contributed by atoms with van der Waals surface area (Å²) >= 11 is 0. The number of non-ortho nitro benzene ring substituents is 1. The van der Waals surface area contributed by atoms with Crippen LogP contribution in [0.3, 0.4) is 0 Å². The standard InChI is InChI=1S/C24H41N3O8Si2/c1-14(2)36(15(3)4)33-13-18-11-21(23(28)24(18)34-37(35-36,16(5)6)17(7)8)25-20-10-9-19(26(29)30)12-22(20)27(31)32/h9-10,12,14-18,21,23-25,28H,11,13H2,1-8H3/t18?,21-,23+,24?/m0/s1. The number of hydrogen-bond donors (Lipinski definition) is 2. The smallest absolute Gasteiger partial charge is 0.335 e. The van der Waals surface area contributed by atoms with Gasteiger partial charge in [0.05, 0.1) is 34.2 Å². The fourth-order valence-electron chi connectivity index (χ4n) is 5.85. The minimum Gasteiger partial charge on any atom is -0.414 e. The van der Waals surface area contributed by atoms with Crippen molar-refractivity contribution in [3.8, 4) is 0 Å². The summed E-state index contributed by atoms with van der Waals surface area (Å²) in [4.78, 5) is 21.5. The molecule has 1 saturated carbocycles. The fraction of sp³-hybridized carbons (Fsp3) is 0.750. The molecule has 2 unspecified atom stereocenters. The second-order valence-electron chi connectivity index (χ2n) is 11.5. The molecule has 0 amide bonds. The van der Waals surface area contributed by atoms with Crippen LogP contribution < -0.4 is 5.32 Å². The summed E-state index contributed by atoms with van der Waals surface area (Å²) < 4.78 is 20.9. The van der Waals surface area contributed by atoms with Crippen LogP contribution in [0.4, 0.5) is 17.1 Å². The number of fused-ring (bicyclic) bond motifs is 1. The van der Waals surface area contributed by atoms with Gasteiger partial charge in [0.25, 0.3) is 11.4 Å². The van der Waals surface area contributed by atoms with Crippen LogP contribution in [0.25, 0.3) is 0 Å². The third-order valence-corrected chi connectivity index (χ3v) is 18.1. The van der Waals surface area contributed by atoms with Crippen molar-refractivity contribution in [3.63, 3.8) is 0 Å². The number of anilines is 1. The van der Waals surface area contributed by atoms with Crippen molar-refractivity contribution in [1.82, 2.24) is 0 Å². The molecule has 13 heteroatoms. The topological polar surface area (TPSA) is 146 Å². The van der Waals surface area contributed by atoms with Crippen LogP contribution in [0.15, 0.2) is 18.2 Å². The summed E-state index contributed by atoms with van der Waals surface area (Å²) in [7, 11) is -5.63. The van der Waals surface area contributed by atoms with E-state index in [1.807, 2.05) is 0 Å². The maximum Gasteiger partial charge on any atom is 0.335 e. The van der Waals surface area contributed by atoms with E-state index in [0.717, 1.165) is 6.07 Å². The van der Waals surface area contributed by atoms with Gasteiger partial charge in [0.2, 0.25) is 0 Å². The van der Waals surface area contributed by atoms with Crippen LogP contribution in [0, 0.1) is 26.1 Å². The third kappa shape index (κ3) is 5.47. The zero-order valence-corrected chi connectivity index (χ0v) is 25.0. The van der Waals surface area contributed by atoms with E-state index in [1.54, 1.807) is 0 Å². The van der Waals surface area contributed by atoms with Gasteiger partial charge < -0.3 is 23.4 Å². The molecule has 1 aromatic carbocycles. The lowest BCUT2D eigenvalue weighted by molar-refractivity contribution is -0.393. The third-order valence-electron chi connectivity index (χ3n) is 7.88. The Bertz CT molecular complexity index is 990. The van der Waals surface area contributed by atoms with Gasteiger partial charge in [-0.3, -0.25) is 20.2 Å². The number of hydrogen-bond acceptors (Lipinski definition) is 9. The molecule has 0 spiro atoms. The first kappa shape index (κ1) is 29.6. The van der Waals surface area contributed by atoms with E-state index in [1.165, 1.54) is 12.1 Å². The predicted molar refractivity (Wildman–Crippen MR) is 145 cm³/mol. The Labute approximate surface area is 220 Å². The summed E-state index contributed by atoms with van der Waals surface area (Å²) in [6.45, 7) is 17.4. The maximum absolute atomic E-state index is 11.7. The number of nitro benzene ring substituents is 2. The first-order valence-corrected chi connectivity index (χ1v) is 17.0. The molecule has 0 aromatic heterocycles. The van der Waals surface area contributed by atoms with E-state index in [2.05, 4.69) is 60.7 Å². The summed E-state index contributed by atoms with van der Waals surface area (Å²) in [5.41, 5.74) is -0.0581. The van der Waals surface area contributed by atoms with Crippen molar-refractivity contribution in [2.45, 2.75) is 102 Å². The lowest BCUT2D eigenvalue weighted by Gasteiger charge is -2.51. The number of benzene rings is 1. The molecule has 1 aliphatic heterocycles. The molecule has 4 atom stereocenters. The number of nitrogens with zero attached hydrogens (tertiary/aromatic N) is 2. The van der Waals surface area contributed by atoms with Crippen LogP contribution in [-0.2, 0) is 13.0 Å². The molecule has 1 aliphatic carbocycles. The largest absolute Gasteiger partial charge is 0.414 e. The highest BCUT2D eigenvalue weighted by molar-refractivity contribution is 6.83. The molecular weight excluding hydrogens is 514 g/mol. The van der Waals surface area contributed by atoms with Crippen LogP contribution in [0.1, 0.15) is 61.8 Å². The number of aliphatic hydroxyl groups excluding tert-OH is 1. The normalized spacial score (nSPS) is 27.3. The monoisotopic (exact) mass is 555 g/mol. The molecule has 1 heterocycles. The number of rotatable bonds is 8. The number of nitro groups is 2. The molecule has 1 saturated heterocycles. The second-order valence-corrected chi connectivity index (χ2v) is 20.4. The Balaban J connectivity index is 1.99. The molecule has 37 heavy (non-hydrogen) atoms. The van der Waals surface area contributed by atoms with Crippen molar-refractivity contribution < 1.29 is 27.9 Å². The fourth-order valence-corrected chi connectivity index (χ4v) is 17.2. The SMILES string of the molecule is CC(C)[Si]1(C(C)C)OCC2C[C@H](Nc3ccc([N+](=O)[O-])cc3[N+](=O)[O-])[C@@H](O)C2O[Si](C(C)C)(C(C)C)O1. The van der Waals surface area contributed by atoms with Crippen molar-refractivity contribution >= 4 is 34.2 Å². The first-order chi connectivity index (χ1) is 17.2. The Kier molecular flexibility index (Phi) is 8.87. The molecule has 0 bridgehead atoms. The minimum absolute atomic E-state index is 0.106. The van der Waals surface area contributed by atoms with Gasteiger partial charge in [-0.05, 0) is 34.7 Å². The van der Waals surface area contributed by atoms with Crippen LogP contribution in [0.5, 0.6) is 0 Å². The molecule has 0 radical (unpaired) electrons. The van der Waals surface area contributed by atoms with E-state index in [-0.39, 0.29) is 39.5 Å². The van der Waals surface area contributed by atoms with Gasteiger partial charge >= 0.3 is 17.1 Å². The summed E-state index contributed by atoms with van der Waals surface area (Å²) in [6.07, 6.45) is -1.05. The Morgan fingerprint density at radius 2 is 1.51 bits per heavy atom. The molecule has 1 aromatic rings. The Morgan fingerprint density at radius 1 is 0.946 bits per heavy atom. The van der Waals surface area contributed by atoms with Gasteiger partial charge in [0.1, 0.15) is 5.69 Å². The molecule has 2 N–H and O–H groups in total. The molecule has 2 aliphatic rings. The van der Waals surface area contributed by atoms with Crippen LogP contribution in [0.2, 0.25) is 22.2 Å². The highest BCUT2D eigenvalue weighted by Gasteiger charge is 2.61. The van der Waals surface area contributed by atoms with Gasteiger partial charge in [0.15, 0.2) is 0 Å². The minimum atomic E-state index is -2.91. The Morgan fingerprint density at radius 3 is 2.00 bits per heavy atom. The average Bonchev–Trinajstić information content (AvgIpc) is 3.06. The first-order valence-electron chi connectivity index (χ1n) is 13.1. The van der Waals surface area contributed by atoms with Gasteiger partial charge in [-0.25, -0.2) is 0 Å². The van der Waals surface area contributed by atoms with Crippen molar-refractivity contribution in [2.24, 2.45) is 5.92 Å². The van der Waals surface area contributed by atoms with E-state index in [4.69, 9.17) is 13.0 Å². The predicted octanol–water partition coefficient (Wildman–Crippen LogP) is 5.62. The van der Waals surface area contributed by atoms with E-state index < -0.39 is 50.9 Å². The zero-order valence-electron chi connectivity index (χ0n) is 23.0. The highest BCUT2D eigenvalue weighted by atomic mass is 28.5. The van der Waals surface area contributed by atoms with Crippen molar-refractivity contribution in [3.05, 3.63) is 38.4 Å². The van der Waals surface area contributed by atoms with Crippen LogP contribution in [-0.4, -0.2) is 56.9 Å². The Hall–Kier alpha value is -1.91. The maximum atomic E-state index is 11.7. The number of nitrogens with one attached hydrogen (secondary N) is 1. The summed E-state index contributed by atoms with van der Waals surface area (Å²) in [5, 5.41) is 37.3. The second kappa shape index (κ2) is 11.1. The number of aliphatic hydroxyl groups is 1. The van der Waals surface area contributed by atoms with E-state index >= 15 is 0 Å². The van der Waals surface area contributed by atoms with Crippen molar-refractivity contribution in [2.75, 3.05) is 11.9 Å². The lowest BCUT2D eigenvalue weighted by Crippen LogP contribution is -2.65. The highest BCUT2D eigenvalue weighted by Crippen LogP contribution is 2.49. The van der Waals surface area contributed by atoms with Gasteiger partial charge in [-0.1, -0.05) is 55.4 Å². The van der Waals surface area contributed by atoms with Gasteiger partial charge in [-0.2, -0.15) is 0 Å². The zero-order chi connectivity index (χ0) is 27.9. The van der Waals surface area contributed by atoms with Crippen LogP contribution >= 0.6 is 0 Å². The van der Waals surface area contributed by atoms with E-state index in [0.29, 0.717) is 13.0 Å². The molecule has 3 rings (SSSR count). The average molecular weight is 556 g/mol. The van der Waals surface area contributed by atoms with Gasteiger partial charge in [-0.15, -0.1) is 0 Å². The molecule has 2 fully saturated rings. The molecule has 208 valence electrons. The van der Waals surface area contributed by atoms with E-state index in [9.17, 15) is 25.3 Å². The van der Waals surface area contributed by atoms with Crippen molar-refractivity contribution in [1.29, 1.82) is 0 Å². The lowest BCUT2D eigenvalue weighted by atomic mass is 10.1. The summed E-state index contributed by atoms with van der Waals surface area (Å²) in [5.74, 6) is -0.137.